The second-order valence-electron chi connectivity index (χ2n) is 5.69. The first-order valence-corrected chi connectivity index (χ1v) is 8.16. The number of hydrogen-bond donors (Lipinski definition) is 2. The molecule has 0 bridgehead atoms. The highest BCUT2D eigenvalue weighted by atomic mass is 35.5. The Labute approximate surface area is 145 Å². The predicted octanol–water partition coefficient (Wildman–Crippen LogP) is 2.20. The number of anilines is 2. The van der Waals surface area contributed by atoms with Crippen molar-refractivity contribution in [2.45, 2.75) is 0 Å². The van der Waals surface area contributed by atoms with Crippen LogP contribution < -0.4 is 10.2 Å². The van der Waals surface area contributed by atoms with Gasteiger partial charge in [-0.15, -0.1) is 0 Å². The number of pyridine rings is 1. The van der Waals surface area contributed by atoms with Crippen molar-refractivity contribution in [3.63, 3.8) is 0 Å². The molecule has 6 nitrogen and oxygen atoms in total. The van der Waals surface area contributed by atoms with Crippen molar-refractivity contribution in [1.29, 1.82) is 0 Å². The number of hydrogen-bond acceptors (Lipinski definition) is 5. The molecule has 1 aromatic carbocycles. The molecular weight excluding hydrogens is 328 g/mol. The number of benzene rings is 1. The van der Waals surface area contributed by atoms with Crippen molar-refractivity contribution < 1.29 is 9.90 Å². The van der Waals surface area contributed by atoms with Crippen LogP contribution in [0.1, 0.15) is 0 Å². The Kier molecular flexibility index (Phi) is 5.17. The molecule has 2 aromatic rings. The number of piperazine rings is 1. The zero-order valence-electron chi connectivity index (χ0n) is 13.2. The first-order chi connectivity index (χ1) is 11.6. The Morgan fingerprint density at radius 2 is 1.83 bits per heavy atom. The minimum absolute atomic E-state index is 0.0753. The third kappa shape index (κ3) is 4.37. The molecule has 1 amide bonds. The van der Waals surface area contributed by atoms with E-state index in [1.807, 2.05) is 24.3 Å². The molecule has 1 aliphatic rings. The van der Waals surface area contributed by atoms with Gasteiger partial charge in [-0.3, -0.25) is 9.69 Å². The largest absolute Gasteiger partial charge is 0.506 e. The Balaban J connectivity index is 1.47. The van der Waals surface area contributed by atoms with Crippen LogP contribution in [0.5, 0.6) is 5.75 Å². The standard InChI is InChI=1S/C17H19ClN4O2/c18-13-1-3-14(4-2-13)22-9-7-21(8-10-22)12-17(24)20-16-6-5-15(23)11-19-16/h1-6,11,23H,7-10,12H2,(H,19,20,24). The van der Waals surface area contributed by atoms with E-state index >= 15 is 0 Å². The monoisotopic (exact) mass is 346 g/mol. The van der Waals surface area contributed by atoms with E-state index in [1.165, 1.54) is 12.3 Å². The molecule has 3 rings (SSSR count). The van der Waals surface area contributed by atoms with Crippen LogP contribution in [-0.4, -0.2) is 53.6 Å². The molecule has 1 aromatic heterocycles. The first kappa shape index (κ1) is 16.5. The maximum atomic E-state index is 12.1. The van der Waals surface area contributed by atoms with Crippen LogP contribution >= 0.6 is 11.6 Å². The van der Waals surface area contributed by atoms with E-state index in [0.717, 1.165) is 36.9 Å². The van der Waals surface area contributed by atoms with Gasteiger partial charge >= 0.3 is 0 Å². The van der Waals surface area contributed by atoms with Crippen molar-refractivity contribution in [1.82, 2.24) is 9.88 Å². The molecule has 2 heterocycles. The van der Waals surface area contributed by atoms with E-state index in [9.17, 15) is 9.90 Å². The number of amides is 1. The summed E-state index contributed by atoms with van der Waals surface area (Å²) < 4.78 is 0. The summed E-state index contributed by atoms with van der Waals surface area (Å²) >= 11 is 5.92. The average molecular weight is 347 g/mol. The summed E-state index contributed by atoms with van der Waals surface area (Å²) in [5.74, 6) is 0.414. The quantitative estimate of drug-likeness (QED) is 0.888. The number of aromatic hydroxyl groups is 1. The van der Waals surface area contributed by atoms with Crippen molar-refractivity contribution in [3.8, 4) is 5.75 Å². The highest BCUT2D eigenvalue weighted by Crippen LogP contribution is 2.19. The summed E-state index contributed by atoms with van der Waals surface area (Å²) in [5.41, 5.74) is 1.15. The van der Waals surface area contributed by atoms with Crippen LogP contribution in [0.2, 0.25) is 5.02 Å². The number of carbonyl (C=O) groups excluding carboxylic acids is 1. The van der Waals surface area contributed by atoms with Crippen LogP contribution in [0.3, 0.4) is 0 Å². The molecule has 1 aliphatic heterocycles. The fraction of sp³-hybridized carbons (Fsp3) is 0.294. The normalized spacial score (nSPS) is 15.3. The topological polar surface area (TPSA) is 68.7 Å². The van der Waals surface area contributed by atoms with Crippen molar-refractivity contribution in [2.75, 3.05) is 42.9 Å². The van der Waals surface area contributed by atoms with Gasteiger partial charge in [-0.05, 0) is 36.4 Å². The molecule has 24 heavy (non-hydrogen) atoms. The lowest BCUT2D eigenvalue weighted by Gasteiger charge is -2.35. The zero-order valence-corrected chi connectivity index (χ0v) is 13.9. The predicted molar refractivity (Wildman–Crippen MR) is 94.6 cm³/mol. The molecule has 0 aliphatic carbocycles. The number of rotatable bonds is 4. The SMILES string of the molecule is O=C(CN1CCN(c2ccc(Cl)cc2)CC1)Nc1ccc(O)cn1. The molecule has 1 fully saturated rings. The lowest BCUT2D eigenvalue weighted by Crippen LogP contribution is -2.48. The van der Waals surface area contributed by atoms with Crippen molar-refractivity contribution in [2.24, 2.45) is 0 Å². The second kappa shape index (κ2) is 7.51. The lowest BCUT2D eigenvalue weighted by molar-refractivity contribution is -0.117. The molecule has 126 valence electrons. The van der Waals surface area contributed by atoms with Gasteiger partial charge < -0.3 is 15.3 Å². The Morgan fingerprint density at radius 3 is 2.46 bits per heavy atom. The summed E-state index contributed by atoms with van der Waals surface area (Å²) in [6.45, 7) is 3.70. The maximum absolute atomic E-state index is 12.1. The minimum Gasteiger partial charge on any atom is -0.506 e. The summed E-state index contributed by atoms with van der Waals surface area (Å²) in [5, 5.41) is 12.7. The van der Waals surface area contributed by atoms with Crippen LogP contribution in [0.15, 0.2) is 42.6 Å². The first-order valence-electron chi connectivity index (χ1n) is 7.78. The highest BCUT2D eigenvalue weighted by molar-refractivity contribution is 6.30. The molecule has 0 unspecified atom stereocenters. The van der Waals surface area contributed by atoms with Gasteiger partial charge in [0.1, 0.15) is 11.6 Å². The van der Waals surface area contributed by atoms with Crippen LogP contribution in [0, 0.1) is 0 Å². The van der Waals surface area contributed by atoms with Gasteiger partial charge in [-0.1, -0.05) is 11.6 Å². The van der Waals surface area contributed by atoms with Crippen molar-refractivity contribution >= 4 is 29.0 Å². The molecule has 0 spiro atoms. The molecular formula is C17H19ClN4O2. The Bertz CT molecular complexity index is 683. The van der Waals surface area contributed by atoms with Crippen molar-refractivity contribution in [3.05, 3.63) is 47.6 Å². The average Bonchev–Trinajstić information content (AvgIpc) is 2.58. The van der Waals surface area contributed by atoms with Crippen LogP contribution in [-0.2, 0) is 4.79 Å². The van der Waals surface area contributed by atoms with Gasteiger partial charge in [-0.25, -0.2) is 4.98 Å². The third-order valence-corrected chi connectivity index (χ3v) is 4.20. The number of nitrogens with zero attached hydrogens (tertiary/aromatic N) is 3. The number of halogens is 1. The molecule has 0 atom stereocenters. The van der Waals surface area contributed by atoms with Crippen LogP contribution in [0.4, 0.5) is 11.5 Å². The van der Waals surface area contributed by atoms with E-state index in [0.29, 0.717) is 12.4 Å². The van der Waals surface area contributed by atoms with E-state index < -0.39 is 0 Å². The van der Waals surface area contributed by atoms with E-state index in [-0.39, 0.29) is 11.7 Å². The number of carbonyl (C=O) groups is 1. The third-order valence-electron chi connectivity index (χ3n) is 3.95. The molecule has 0 saturated carbocycles. The van der Waals surface area contributed by atoms with E-state index in [1.54, 1.807) is 6.07 Å². The zero-order chi connectivity index (χ0) is 16.9. The summed E-state index contributed by atoms with van der Waals surface area (Å²) in [6, 6.07) is 10.9. The van der Waals surface area contributed by atoms with Gasteiger partial charge in [0.25, 0.3) is 0 Å². The maximum Gasteiger partial charge on any atom is 0.239 e. The summed E-state index contributed by atoms with van der Waals surface area (Å²) in [4.78, 5) is 20.4. The Morgan fingerprint density at radius 1 is 1.12 bits per heavy atom. The minimum atomic E-state index is -0.104. The van der Waals surface area contributed by atoms with Gasteiger partial charge in [0.15, 0.2) is 0 Å². The fourth-order valence-electron chi connectivity index (χ4n) is 2.66. The smallest absolute Gasteiger partial charge is 0.239 e. The molecule has 7 heteroatoms. The lowest BCUT2D eigenvalue weighted by atomic mass is 10.2. The molecule has 2 N–H and O–H groups in total. The van der Waals surface area contributed by atoms with Gasteiger partial charge in [0, 0.05) is 36.9 Å². The number of aromatic nitrogens is 1. The summed E-state index contributed by atoms with van der Waals surface area (Å²) in [6.07, 6.45) is 1.31. The Hall–Kier alpha value is -2.31. The van der Waals surface area contributed by atoms with E-state index in [4.69, 9.17) is 11.6 Å². The summed E-state index contributed by atoms with van der Waals surface area (Å²) in [7, 11) is 0. The van der Waals surface area contributed by atoms with E-state index in [2.05, 4.69) is 20.1 Å². The fourth-order valence-corrected chi connectivity index (χ4v) is 2.79. The number of nitrogens with one attached hydrogen (secondary N) is 1. The highest BCUT2D eigenvalue weighted by Gasteiger charge is 2.19. The molecule has 1 saturated heterocycles. The molecule has 0 radical (unpaired) electrons. The van der Waals surface area contributed by atoms with Gasteiger partial charge in [-0.2, -0.15) is 0 Å². The van der Waals surface area contributed by atoms with Gasteiger partial charge in [0.05, 0.1) is 12.7 Å². The van der Waals surface area contributed by atoms with Crippen LogP contribution in [0.25, 0.3) is 0 Å². The second-order valence-corrected chi connectivity index (χ2v) is 6.13. The van der Waals surface area contributed by atoms with Gasteiger partial charge in [0.2, 0.25) is 5.91 Å².